The Morgan fingerprint density at radius 1 is 1.30 bits per heavy atom. The molecule has 3 rings (SSSR count). The third-order valence-electron chi connectivity index (χ3n) is 3.19. The predicted molar refractivity (Wildman–Crippen MR) is 92.4 cm³/mol. The van der Waals surface area contributed by atoms with Gasteiger partial charge in [0.2, 0.25) is 0 Å². The van der Waals surface area contributed by atoms with Crippen molar-refractivity contribution in [3.8, 4) is 5.75 Å². The minimum Gasteiger partial charge on any atom is -0.488 e. The average molecular weight is 423 g/mol. The molecule has 0 amide bonds. The van der Waals surface area contributed by atoms with Crippen LogP contribution in [-0.2, 0) is 11.3 Å². The Kier molecular flexibility index (Phi) is 4.75. The number of carbonyl (C=O) groups is 1. The Balaban J connectivity index is 2.00. The highest BCUT2D eigenvalue weighted by Gasteiger charge is 2.22. The zero-order chi connectivity index (χ0) is 16.2. The van der Waals surface area contributed by atoms with Crippen molar-refractivity contribution in [1.29, 1.82) is 0 Å². The van der Waals surface area contributed by atoms with Crippen molar-refractivity contribution in [2.24, 2.45) is 0 Å². The molecule has 6 nitrogen and oxygen atoms in total. The summed E-state index contributed by atoms with van der Waals surface area (Å²) < 4.78 is 13.4. The van der Waals surface area contributed by atoms with Gasteiger partial charge in [0.15, 0.2) is 5.65 Å². The Labute approximate surface area is 146 Å². The van der Waals surface area contributed by atoms with Gasteiger partial charge in [0.05, 0.1) is 6.61 Å². The lowest BCUT2D eigenvalue weighted by Crippen LogP contribution is -2.12. The van der Waals surface area contributed by atoms with Gasteiger partial charge in [-0.2, -0.15) is 5.10 Å². The van der Waals surface area contributed by atoms with Crippen LogP contribution in [0.1, 0.15) is 22.8 Å². The van der Waals surface area contributed by atoms with E-state index in [1.807, 2.05) is 30.3 Å². The van der Waals surface area contributed by atoms with E-state index in [-0.39, 0.29) is 6.61 Å². The van der Waals surface area contributed by atoms with Gasteiger partial charge in [0, 0.05) is 6.07 Å². The Morgan fingerprint density at radius 3 is 2.83 bits per heavy atom. The van der Waals surface area contributed by atoms with Gasteiger partial charge in [0.1, 0.15) is 27.9 Å². The number of rotatable bonds is 5. The molecule has 23 heavy (non-hydrogen) atoms. The van der Waals surface area contributed by atoms with Crippen molar-refractivity contribution in [2.45, 2.75) is 13.5 Å². The number of carbonyl (C=O) groups excluding carboxylic acids is 1. The number of nitrogens with zero attached hydrogens (tertiary/aromatic N) is 3. The highest BCUT2D eigenvalue weighted by Crippen LogP contribution is 2.27. The van der Waals surface area contributed by atoms with E-state index in [0.717, 1.165) is 9.26 Å². The minimum absolute atomic E-state index is 0.281. The van der Waals surface area contributed by atoms with Gasteiger partial charge in [-0.3, -0.25) is 0 Å². The second-order valence-electron chi connectivity index (χ2n) is 4.70. The normalized spacial score (nSPS) is 10.7. The van der Waals surface area contributed by atoms with Gasteiger partial charge >= 0.3 is 5.97 Å². The zero-order valence-corrected chi connectivity index (χ0v) is 14.6. The largest absolute Gasteiger partial charge is 0.488 e. The van der Waals surface area contributed by atoms with E-state index >= 15 is 0 Å². The van der Waals surface area contributed by atoms with E-state index in [2.05, 4.69) is 32.7 Å². The Morgan fingerprint density at radius 2 is 2.09 bits per heavy atom. The van der Waals surface area contributed by atoms with Gasteiger partial charge in [-0.05, 0) is 35.1 Å². The first-order chi connectivity index (χ1) is 11.2. The molecule has 2 aromatic heterocycles. The third-order valence-corrected chi connectivity index (χ3v) is 3.96. The molecule has 0 aliphatic carbocycles. The first-order valence-corrected chi connectivity index (χ1v) is 8.14. The summed E-state index contributed by atoms with van der Waals surface area (Å²) in [6, 6.07) is 11.5. The molecular formula is C16H14IN3O3. The quantitative estimate of drug-likeness (QED) is 0.359. The highest BCUT2D eigenvalue weighted by molar-refractivity contribution is 14.1. The maximum absolute atomic E-state index is 12.3. The highest BCUT2D eigenvalue weighted by atomic mass is 127. The van der Waals surface area contributed by atoms with Crippen LogP contribution < -0.4 is 4.74 Å². The van der Waals surface area contributed by atoms with E-state index in [9.17, 15) is 4.79 Å². The monoisotopic (exact) mass is 423 g/mol. The van der Waals surface area contributed by atoms with E-state index in [0.29, 0.717) is 23.6 Å². The van der Waals surface area contributed by atoms with E-state index in [1.54, 1.807) is 17.5 Å². The summed E-state index contributed by atoms with van der Waals surface area (Å²) in [5.41, 5.74) is 1.73. The first-order valence-electron chi connectivity index (χ1n) is 7.06. The van der Waals surface area contributed by atoms with Crippen LogP contribution >= 0.6 is 22.6 Å². The minimum atomic E-state index is -0.468. The molecule has 0 unspecified atom stereocenters. The molecule has 0 saturated heterocycles. The molecule has 0 spiro atoms. The molecular weight excluding hydrogens is 409 g/mol. The van der Waals surface area contributed by atoms with Gasteiger partial charge in [0.25, 0.3) is 0 Å². The molecule has 0 atom stereocenters. The summed E-state index contributed by atoms with van der Waals surface area (Å²) in [5.74, 6) is -0.0258. The van der Waals surface area contributed by atoms with E-state index < -0.39 is 5.97 Å². The van der Waals surface area contributed by atoms with Crippen molar-refractivity contribution in [2.75, 3.05) is 6.61 Å². The SMILES string of the molecule is CCOC(=O)c1c(OCc2ccccc2)cc(I)n2ncnc12. The molecule has 2 heterocycles. The predicted octanol–water partition coefficient (Wildman–Crippen LogP) is 3.09. The second-order valence-corrected chi connectivity index (χ2v) is 5.80. The number of fused-ring (bicyclic) bond motifs is 1. The zero-order valence-electron chi connectivity index (χ0n) is 12.4. The van der Waals surface area contributed by atoms with Crippen molar-refractivity contribution in [3.05, 3.63) is 57.6 Å². The number of benzene rings is 1. The molecule has 7 heteroatoms. The number of pyridine rings is 1. The number of esters is 1. The van der Waals surface area contributed by atoms with Crippen molar-refractivity contribution in [3.63, 3.8) is 0 Å². The van der Waals surface area contributed by atoms with Crippen molar-refractivity contribution >= 4 is 34.2 Å². The molecule has 1 aromatic carbocycles. The summed E-state index contributed by atoms with van der Waals surface area (Å²) in [7, 11) is 0. The smallest absolute Gasteiger partial charge is 0.345 e. The fraction of sp³-hybridized carbons (Fsp3) is 0.188. The second kappa shape index (κ2) is 6.95. The molecule has 0 aliphatic rings. The van der Waals surface area contributed by atoms with Gasteiger partial charge in [-0.25, -0.2) is 14.3 Å². The fourth-order valence-corrected chi connectivity index (χ4v) is 2.80. The molecule has 0 radical (unpaired) electrons. The van der Waals surface area contributed by atoms with Crippen LogP contribution in [0, 0.1) is 3.70 Å². The van der Waals surface area contributed by atoms with E-state index in [4.69, 9.17) is 9.47 Å². The van der Waals surface area contributed by atoms with Crippen LogP contribution in [0.15, 0.2) is 42.7 Å². The molecule has 0 fully saturated rings. The van der Waals surface area contributed by atoms with E-state index in [1.165, 1.54) is 6.33 Å². The summed E-state index contributed by atoms with van der Waals surface area (Å²) >= 11 is 2.12. The Bertz CT molecular complexity index is 833. The standard InChI is InChI=1S/C16H14IN3O3/c1-2-22-16(21)14-12(23-9-11-6-4-3-5-7-11)8-13(17)20-15(14)18-10-19-20/h3-8,10H,2,9H2,1H3. The molecule has 0 aliphatic heterocycles. The van der Waals surface area contributed by atoms with Crippen LogP contribution in [-0.4, -0.2) is 27.2 Å². The number of aromatic nitrogens is 3. The molecule has 0 saturated carbocycles. The summed E-state index contributed by atoms with van der Waals surface area (Å²) in [6.45, 7) is 2.40. The molecule has 0 N–H and O–H groups in total. The topological polar surface area (TPSA) is 65.7 Å². The number of halogens is 1. The maximum Gasteiger partial charge on any atom is 0.345 e. The number of hydrogen-bond donors (Lipinski definition) is 0. The lowest BCUT2D eigenvalue weighted by molar-refractivity contribution is 0.0522. The van der Waals surface area contributed by atoms with Crippen LogP contribution in [0.4, 0.5) is 0 Å². The lowest BCUT2D eigenvalue weighted by Gasteiger charge is -2.12. The summed E-state index contributed by atoms with van der Waals surface area (Å²) in [6.07, 6.45) is 1.40. The maximum atomic E-state index is 12.3. The van der Waals surface area contributed by atoms with Gasteiger partial charge in [-0.1, -0.05) is 30.3 Å². The molecule has 0 bridgehead atoms. The fourth-order valence-electron chi connectivity index (χ4n) is 2.16. The van der Waals surface area contributed by atoms with Crippen LogP contribution in [0.3, 0.4) is 0 Å². The van der Waals surface area contributed by atoms with Crippen molar-refractivity contribution < 1.29 is 14.3 Å². The molecule has 118 valence electrons. The average Bonchev–Trinajstić information content (AvgIpc) is 3.04. The van der Waals surface area contributed by atoms with Crippen LogP contribution in [0.25, 0.3) is 5.65 Å². The number of hydrogen-bond acceptors (Lipinski definition) is 5. The lowest BCUT2D eigenvalue weighted by atomic mass is 10.2. The third kappa shape index (κ3) is 3.29. The van der Waals surface area contributed by atoms with Crippen LogP contribution in [0.5, 0.6) is 5.75 Å². The van der Waals surface area contributed by atoms with Crippen molar-refractivity contribution in [1.82, 2.24) is 14.6 Å². The van der Waals surface area contributed by atoms with Gasteiger partial charge in [-0.15, -0.1) is 0 Å². The summed E-state index contributed by atoms with van der Waals surface area (Å²) in [5, 5.41) is 4.12. The van der Waals surface area contributed by atoms with Gasteiger partial charge < -0.3 is 9.47 Å². The first kappa shape index (κ1) is 15.7. The molecule has 3 aromatic rings. The van der Waals surface area contributed by atoms with Crippen LogP contribution in [0.2, 0.25) is 0 Å². The number of ether oxygens (including phenoxy) is 2. The Hall–Kier alpha value is -2.16. The summed E-state index contributed by atoms with van der Waals surface area (Å²) in [4.78, 5) is 16.5.